The van der Waals surface area contributed by atoms with Crippen LogP contribution in [-0.2, 0) is 6.42 Å². The van der Waals surface area contributed by atoms with E-state index in [2.05, 4.69) is 9.97 Å². The highest BCUT2D eigenvalue weighted by Crippen LogP contribution is 2.23. The first-order valence-corrected chi connectivity index (χ1v) is 5.58. The summed E-state index contributed by atoms with van der Waals surface area (Å²) in [5.74, 6) is -0.713. The van der Waals surface area contributed by atoms with E-state index in [0.717, 1.165) is 18.2 Å². The molecule has 0 fully saturated rings. The fourth-order valence-electron chi connectivity index (χ4n) is 1.69. The van der Waals surface area contributed by atoms with Crippen molar-refractivity contribution in [2.24, 2.45) is 0 Å². The average Bonchev–Trinajstić information content (AvgIpc) is 2.35. The van der Waals surface area contributed by atoms with Gasteiger partial charge in [-0.15, -0.1) is 0 Å². The predicted molar refractivity (Wildman–Crippen MR) is 64.3 cm³/mol. The number of nitrogens with zero attached hydrogens (tertiary/aromatic N) is 1. The highest BCUT2D eigenvalue weighted by atomic mass is 19.1. The number of aromatic amines is 1. The van der Waals surface area contributed by atoms with Gasteiger partial charge in [0.05, 0.1) is 5.69 Å². The van der Waals surface area contributed by atoms with Crippen LogP contribution >= 0.6 is 0 Å². The standard InChI is InChI=1S/C13H12F2N2O/c1-3-11-16-12(7(2)13(18)17-11)9-6-8(14)4-5-10(9)15/h4-6H,3H2,1-2H3,(H,16,17,18). The summed E-state index contributed by atoms with van der Waals surface area (Å²) >= 11 is 0. The van der Waals surface area contributed by atoms with E-state index in [1.807, 2.05) is 6.92 Å². The second-order valence-electron chi connectivity index (χ2n) is 3.96. The molecule has 0 bridgehead atoms. The van der Waals surface area contributed by atoms with E-state index in [4.69, 9.17) is 0 Å². The molecule has 0 saturated heterocycles. The van der Waals surface area contributed by atoms with Gasteiger partial charge in [-0.3, -0.25) is 4.79 Å². The largest absolute Gasteiger partial charge is 0.310 e. The third-order valence-corrected chi connectivity index (χ3v) is 2.72. The van der Waals surface area contributed by atoms with E-state index in [9.17, 15) is 13.6 Å². The second-order valence-corrected chi connectivity index (χ2v) is 3.96. The Labute approximate surface area is 103 Å². The quantitative estimate of drug-likeness (QED) is 0.890. The van der Waals surface area contributed by atoms with Crippen molar-refractivity contribution in [3.63, 3.8) is 0 Å². The first kappa shape index (κ1) is 12.4. The maximum Gasteiger partial charge on any atom is 0.254 e. The Morgan fingerprint density at radius 1 is 1.33 bits per heavy atom. The van der Waals surface area contributed by atoms with Gasteiger partial charge < -0.3 is 4.98 Å². The Bertz CT molecular complexity index is 650. The van der Waals surface area contributed by atoms with Gasteiger partial charge in [-0.25, -0.2) is 13.8 Å². The molecule has 0 radical (unpaired) electrons. The minimum Gasteiger partial charge on any atom is -0.310 e. The van der Waals surface area contributed by atoms with Gasteiger partial charge in [0.2, 0.25) is 0 Å². The maximum absolute atomic E-state index is 13.7. The van der Waals surface area contributed by atoms with E-state index in [0.29, 0.717) is 12.2 Å². The summed E-state index contributed by atoms with van der Waals surface area (Å²) in [6.07, 6.45) is 0.513. The minimum absolute atomic E-state index is 0.00769. The minimum atomic E-state index is -0.598. The number of hydrogen-bond donors (Lipinski definition) is 1. The molecule has 1 N–H and O–H groups in total. The summed E-state index contributed by atoms with van der Waals surface area (Å²) in [4.78, 5) is 18.4. The molecule has 2 rings (SSSR count). The van der Waals surface area contributed by atoms with E-state index in [1.165, 1.54) is 6.92 Å². The summed E-state index contributed by atoms with van der Waals surface area (Å²) in [7, 11) is 0. The van der Waals surface area contributed by atoms with E-state index < -0.39 is 11.6 Å². The zero-order valence-corrected chi connectivity index (χ0v) is 10.1. The number of rotatable bonds is 2. The number of H-pyrrole nitrogens is 1. The van der Waals surface area contributed by atoms with Gasteiger partial charge in [-0.1, -0.05) is 6.92 Å². The molecule has 1 aromatic carbocycles. The van der Waals surface area contributed by atoms with Crippen LogP contribution in [0.15, 0.2) is 23.0 Å². The molecule has 0 aliphatic carbocycles. The van der Waals surface area contributed by atoms with Crippen LogP contribution in [0.1, 0.15) is 18.3 Å². The third-order valence-electron chi connectivity index (χ3n) is 2.72. The number of hydrogen-bond acceptors (Lipinski definition) is 2. The van der Waals surface area contributed by atoms with Gasteiger partial charge in [0, 0.05) is 17.5 Å². The van der Waals surface area contributed by atoms with Crippen molar-refractivity contribution in [1.29, 1.82) is 0 Å². The van der Waals surface area contributed by atoms with Crippen LogP contribution in [0.2, 0.25) is 0 Å². The smallest absolute Gasteiger partial charge is 0.254 e. The Kier molecular flexibility index (Phi) is 3.23. The fourth-order valence-corrected chi connectivity index (χ4v) is 1.69. The highest BCUT2D eigenvalue weighted by molar-refractivity contribution is 5.63. The Morgan fingerprint density at radius 2 is 2.06 bits per heavy atom. The Hall–Kier alpha value is -2.04. The predicted octanol–water partition coefficient (Wildman–Crippen LogP) is 2.59. The monoisotopic (exact) mass is 250 g/mol. The second kappa shape index (κ2) is 4.68. The maximum atomic E-state index is 13.7. The first-order valence-electron chi connectivity index (χ1n) is 5.58. The molecule has 0 aliphatic rings. The summed E-state index contributed by atoms with van der Waals surface area (Å²) in [5, 5.41) is 0. The van der Waals surface area contributed by atoms with E-state index in [1.54, 1.807) is 0 Å². The lowest BCUT2D eigenvalue weighted by molar-refractivity contribution is 0.602. The summed E-state index contributed by atoms with van der Waals surface area (Å²) in [6, 6.07) is 3.10. The fraction of sp³-hybridized carbons (Fsp3) is 0.231. The van der Waals surface area contributed by atoms with Crippen LogP contribution in [0.5, 0.6) is 0 Å². The summed E-state index contributed by atoms with van der Waals surface area (Å²) in [6.45, 7) is 3.35. The van der Waals surface area contributed by atoms with Crippen molar-refractivity contribution >= 4 is 0 Å². The van der Waals surface area contributed by atoms with Crippen molar-refractivity contribution in [2.45, 2.75) is 20.3 Å². The van der Waals surface area contributed by atoms with Crippen molar-refractivity contribution in [3.05, 3.63) is 51.6 Å². The van der Waals surface area contributed by atoms with Crippen LogP contribution in [0.4, 0.5) is 8.78 Å². The van der Waals surface area contributed by atoms with Crippen molar-refractivity contribution in [1.82, 2.24) is 9.97 Å². The molecule has 0 amide bonds. The molecule has 1 heterocycles. The van der Waals surface area contributed by atoms with Gasteiger partial charge >= 0.3 is 0 Å². The number of nitrogens with one attached hydrogen (secondary N) is 1. The molecule has 0 aliphatic heterocycles. The zero-order chi connectivity index (χ0) is 13.3. The number of aromatic nitrogens is 2. The van der Waals surface area contributed by atoms with Crippen molar-refractivity contribution in [2.75, 3.05) is 0 Å². The van der Waals surface area contributed by atoms with E-state index in [-0.39, 0.29) is 22.4 Å². The molecule has 5 heteroatoms. The SMILES string of the molecule is CCc1nc(-c2cc(F)ccc2F)c(C)c(=O)[nH]1. The van der Waals surface area contributed by atoms with Gasteiger partial charge in [0.15, 0.2) is 0 Å². The molecule has 2 aromatic rings. The Balaban J connectivity index is 2.74. The van der Waals surface area contributed by atoms with Crippen LogP contribution in [0, 0.1) is 18.6 Å². The molecule has 94 valence electrons. The van der Waals surface area contributed by atoms with Gasteiger partial charge in [-0.05, 0) is 25.1 Å². The van der Waals surface area contributed by atoms with Crippen LogP contribution < -0.4 is 5.56 Å². The van der Waals surface area contributed by atoms with Crippen molar-refractivity contribution < 1.29 is 8.78 Å². The van der Waals surface area contributed by atoms with Crippen LogP contribution in [-0.4, -0.2) is 9.97 Å². The highest BCUT2D eigenvalue weighted by Gasteiger charge is 2.14. The Morgan fingerprint density at radius 3 is 2.72 bits per heavy atom. The molecular weight excluding hydrogens is 238 g/mol. The molecule has 0 saturated carbocycles. The number of halogens is 2. The van der Waals surface area contributed by atoms with Gasteiger partial charge in [-0.2, -0.15) is 0 Å². The van der Waals surface area contributed by atoms with Crippen LogP contribution in [0.25, 0.3) is 11.3 Å². The number of aryl methyl sites for hydroxylation is 1. The third kappa shape index (κ3) is 2.16. The summed E-state index contributed by atoms with van der Waals surface area (Å²) in [5.41, 5.74) is 0.137. The molecule has 3 nitrogen and oxygen atoms in total. The molecule has 0 atom stereocenters. The normalized spacial score (nSPS) is 10.7. The lowest BCUT2D eigenvalue weighted by Gasteiger charge is -2.07. The average molecular weight is 250 g/mol. The van der Waals surface area contributed by atoms with Gasteiger partial charge in [0.25, 0.3) is 5.56 Å². The van der Waals surface area contributed by atoms with Crippen molar-refractivity contribution in [3.8, 4) is 11.3 Å². The molecule has 1 aromatic heterocycles. The zero-order valence-electron chi connectivity index (χ0n) is 10.1. The molecular formula is C13H12F2N2O. The molecule has 0 spiro atoms. The number of benzene rings is 1. The molecule has 0 unspecified atom stereocenters. The molecule has 18 heavy (non-hydrogen) atoms. The topological polar surface area (TPSA) is 45.8 Å². The van der Waals surface area contributed by atoms with E-state index >= 15 is 0 Å². The summed E-state index contributed by atoms with van der Waals surface area (Å²) < 4.78 is 26.9. The van der Waals surface area contributed by atoms with Gasteiger partial charge in [0.1, 0.15) is 17.5 Å². The lowest BCUT2D eigenvalue weighted by Crippen LogP contribution is -2.16. The lowest BCUT2D eigenvalue weighted by atomic mass is 10.1. The first-order chi connectivity index (χ1) is 8.52. The van der Waals surface area contributed by atoms with Crippen LogP contribution in [0.3, 0.4) is 0 Å².